The van der Waals surface area contributed by atoms with Crippen molar-refractivity contribution in [1.82, 2.24) is 0 Å². The Bertz CT molecular complexity index is 605. The van der Waals surface area contributed by atoms with Crippen molar-refractivity contribution in [2.24, 2.45) is 17.8 Å². The third-order valence-corrected chi connectivity index (χ3v) is 7.15. The van der Waals surface area contributed by atoms with Gasteiger partial charge in [-0.1, -0.05) is 56.5 Å². The average molecular weight is 364 g/mol. The summed E-state index contributed by atoms with van der Waals surface area (Å²) in [5.74, 6) is 3.39. The molecule has 0 heterocycles. The van der Waals surface area contributed by atoms with E-state index in [2.05, 4.69) is 43.3 Å². The van der Waals surface area contributed by atoms with E-state index in [-0.39, 0.29) is 0 Å². The number of nitrogens with zero attached hydrogens (tertiary/aromatic N) is 1. The van der Waals surface area contributed by atoms with Crippen LogP contribution in [0.4, 0.5) is 0 Å². The van der Waals surface area contributed by atoms with Gasteiger partial charge in [0.25, 0.3) is 0 Å². The summed E-state index contributed by atoms with van der Waals surface area (Å²) < 4.78 is 0. The molecule has 0 bridgehead atoms. The van der Waals surface area contributed by atoms with E-state index in [0.29, 0.717) is 5.92 Å². The minimum Gasteiger partial charge on any atom is -0.193 e. The molecule has 0 radical (unpaired) electrons. The fourth-order valence-corrected chi connectivity index (χ4v) is 5.35. The van der Waals surface area contributed by atoms with Crippen LogP contribution in [0.3, 0.4) is 0 Å². The number of allylic oxidation sites excluding steroid dienone is 2. The fraction of sp³-hybridized carbons (Fsp3) is 0.654. The molecule has 2 aliphatic carbocycles. The van der Waals surface area contributed by atoms with Crippen LogP contribution in [0, 0.1) is 29.1 Å². The van der Waals surface area contributed by atoms with Gasteiger partial charge < -0.3 is 0 Å². The van der Waals surface area contributed by atoms with E-state index in [1.54, 1.807) is 11.6 Å². The normalized spacial score (nSPS) is 28.9. The molecule has 2 fully saturated rings. The van der Waals surface area contributed by atoms with Gasteiger partial charge in [-0.15, -0.1) is 0 Å². The Labute approximate surface area is 166 Å². The Morgan fingerprint density at radius 1 is 0.889 bits per heavy atom. The highest BCUT2D eigenvalue weighted by Crippen LogP contribution is 2.40. The van der Waals surface area contributed by atoms with E-state index in [1.807, 2.05) is 0 Å². The van der Waals surface area contributed by atoms with Crippen molar-refractivity contribution in [2.75, 3.05) is 0 Å². The van der Waals surface area contributed by atoms with Crippen LogP contribution in [0.2, 0.25) is 0 Å². The highest BCUT2D eigenvalue weighted by Gasteiger charge is 2.24. The van der Waals surface area contributed by atoms with Gasteiger partial charge in [-0.2, -0.15) is 5.26 Å². The lowest BCUT2D eigenvalue weighted by Gasteiger charge is -2.31. The molecule has 0 N–H and O–H groups in total. The zero-order valence-corrected chi connectivity index (χ0v) is 17.2. The maximum Gasteiger partial charge on any atom is 0.0908 e. The third kappa shape index (κ3) is 6.24. The van der Waals surface area contributed by atoms with Crippen molar-refractivity contribution >= 4 is 0 Å². The highest BCUT2D eigenvalue weighted by molar-refractivity contribution is 5.25. The first-order valence-electron chi connectivity index (χ1n) is 11.4. The number of hydrogen-bond donors (Lipinski definition) is 0. The highest BCUT2D eigenvalue weighted by atomic mass is 14.3. The fourth-order valence-electron chi connectivity index (χ4n) is 5.35. The zero-order chi connectivity index (χ0) is 18.9. The van der Waals surface area contributed by atoms with Crippen LogP contribution in [0.15, 0.2) is 36.4 Å². The van der Waals surface area contributed by atoms with Gasteiger partial charge in [0.1, 0.15) is 0 Å². The van der Waals surface area contributed by atoms with Gasteiger partial charge in [0, 0.05) is 6.08 Å². The summed E-state index contributed by atoms with van der Waals surface area (Å²) in [6, 6.07) is 11.6. The molecule has 0 saturated heterocycles. The van der Waals surface area contributed by atoms with Gasteiger partial charge in [0.2, 0.25) is 0 Å². The van der Waals surface area contributed by atoms with Crippen LogP contribution in [0.1, 0.15) is 94.6 Å². The zero-order valence-electron chi connectivity index (χ0n) is 17.2. The summed E-state index contributed by atoms with van der Waals surface area (Å²) in [6.45, 7) is 2.26. The minimum atomic E-state index is 0.667. The number of hydrogen-bond acceptors (Lipinski definition) is 1. The lowest BCUT2D eigenvalue weighted by molar-refractivity contribution is 0.246. The standard InChI is InChI=1S/C26H37N/c1-2-4-21-12-16-25(17-13-21)26-18-14-24(15-19-26)11-10-23-8-6-22(7-9-23)5-3-20-27/h3,5,12-13,16-17,22-24,26H,2,4,6-11,14-15,18-19H2,1H3/t22-,23-,24-,26-. The predicted octanol–water partition coefficient (Wildman–Crippen LogP) is 7.58. The molecule has 1 heteroatoms. The second-order valence-electron chi connectivity index (χ2n) is 9.06. The first-order chi connectivity index (χ1) is 13.3. The maximum absolute atomic E-state index is 8.67. The Morgan fingerprint density at radius 2 is 1.48 bits per heavy atom. The first-order valence-corrected chi connectivity index (χ1v) is 11.4. The van der Waals surface area contributed by atoms with Crippen molar-refractivity contribution in [1.29, 1.82) is 5.26 Å². The van der Waals surface area contributed by atoms with Gasteiger partial charge >= 0.3 is 0 Å². The molecule has 0 aliphatic heterocycles. The van der Waals surface area contributed by atoms with Crippen LogP contribution in [0.5, 0.6) is 0 Å². The molecule has 3 rings (SSSR count). The number of nitriles is 1. The van der Waals surface area contributed by atoms with Crippen LogP contribution >= 0.6 is 0 Å². The van der Waals surface area contributed by atoms with Gasteiger partial charge in [0.05, 0.1) is 6.07 Å². The summed E-state index contributed by atoms with van der Waals surface area (Å²) in [5.41, 5.74) is 3.07. The molecule has 0 unspecified atom stereocenters. The SMILES string of the molecule is CCCc1ccc([C@H]2CC[C@H](CC[C@H]3CC[C@H](C=CC#N)CC3)CC2)cc1. The van der Waals surface area contributed by atoms with E-state index < -0.39 is 0 Å². The summed E-state index contributed by atoms with van der Waals surface area (Å²) in [6.07, 6.45) is 20.1. The molecule has 0 atom stereocenters. The predicted molar refractivity (Wildman–Crippen MR) is 115 cm³/mol. The summed E-state index contributed by atoms with van der Waals surface area (Å²) >= 11 is 0. The molecule has 2 aliphatic rings. The summed E-state index contributed by atoms with van der Waals surface area (Å²) in [7, 11) is 0. The van der Waals surface area contributed by atoms with Crippen molar-refractivity contribution < 1.29 is 0 Å². The summed E-state index contributed by atoms with van der Waals surface area (Å²) in [4.78, 5) is 0. The second-order valence-corrected chi connectivity index (χ2v) is 9.06. The van der Waals surface area contributed by atoms with Crippen LogP contribution in [0.25, 0.3) is 0 Å². The lowest BCUT2D eigenvalue weighted by atomic mass is 9.74. The molecule has 1 nitrogen and oxygen atoms in total. The van der Waals surface area contributed by atoms with Crippen LogP contribution in [-0.2, 0) is 6.42 Å². The average Bonchev–Trinajstić information content (AvgIpc) is 2.73. The van der Waals surface area contributed by atoms with Crippen molar-refractivity contribution in [2.45, 2.75) is 89.9 Å². The molecular weight excluding hydrogens is 326 g/mol. The van der Waals surface area contributed by atoms with E-state index in [1.165, 1.54) is 82.6 Å². The summed E-state index contributed by atoms with van der Waals surface area (Å²) in [5, 5.41) is 8.67. The number of aryl methyl sites for hydroxylation is 1. The van der Waals surface area contributed by atoms with E-state index in [0.717, 1.165) is 17.8 Å². The molecule has 1 aromatic carbocycles. The molecular formula is C26H37N. The van der Waals surface area contributed by atoms with Gasteiger partial charge in [-0.05, 0) is 92.6 Å². The molecule has 0 spiro atoms. The Morgan fingerprint density at radius 3 is 2.04 bits per heavy atom. The third-order valence-electron chi connectivity index (χ3n) is 7.15. The molecule has 0 amide bonds. The topological polar surface area (TPSA) is 23.8 Å². The molecule has 27 heavy (non-hydrogen) atoms. The van der Waals surface area contributed by atoms with E-state index in [9.17, 15) is 0 Å². The smallest absolute Gasteiger partial charge is 0.0908 e. The van der Waals surface area contributed by atoms with Gasteiger partial charge in [-0.25, -0.2) is 0 Å². The van der Waals surface area contributed by atoms with E-state index in [4.69, 9.17) is 5.26 Å². The Hall–Kier alpha value is -1.55. The largest absolute Gasteiger partial charge is 0.193 e. The quantitative estimate of drug-likeness (QED) is 0.458. The Balaban J connectivity index is 1.35. The number of rotatable bonds is 7. The van der Waals surface area contributed by atoms with Crippen molar-refractivity contribution in [3.8, 4) is 6.07 Å². The van der Waals surface area contributed by atoms with Gasteiger partial charge in [-0.3, -0.25) is 0 Å². The van der Waals surface area contributed by atoms with Crippen LogP contribution < -0.4 is 0 Å². The number of benzene rings is 1. The van der Waals surface area contributed by atoms with Crippen molar-refractivity contribution in [3.63, 3.8) is 0 Å². The molecule has 1 aromatic rings. The Kier molecular flexibility index (Phi) is 8.00. The molecule has 2 saturated carbocycles. The molecule has 0 aromatic heterocycles. The van der Waals surface area contributed by atoms with Gasteiger partial charge in [0.15, 0.2) is 0 Å². The van der Waals surface area contributed by atoms with Crippen LogP contribution in [-0.4, -0.2) is 0 Å². The maximum atomic E-state index is 8.67. The lowest BCUT2D eigenvalue weighted by Crippen LogP contribution is -2.17. The minimum absolute atomic E-state index is 0.667. The second kappa shape index (κ2) is 10.7. The molecule has 146 valence electrons. The van der Waals surface area contributed by atoms with Crippen molar-refractivity contribution in [3.05, 3.63) is 47.5 Å². The monoisotopic (exact) mass is 363 g/mol. The first kappa shape index (κ1) is 20.2. The van der Waals surface area contributed by atoms with E-state index >= 15 is 0 Å².